The third-order valence-corrected chi connectivity index (χ3v) is 6.44. The van der Waals surface area contributed by atoms with Crippen LogP contribution < -0.4 is 0 Å². The number of hydrogen-bond acceptors (Lipinski definition) is 2. The summed E-state index contributed by atoms with van der Waals surface area (Å²) in [5, 5.41) is 10.4. The second kappa shape index (κ2) is 18.9. The topological polar surface area (TPSA) is 29.5 Å². The molecule has 0 fully saturated rings. The zero-order valence-corrected chi connectivity index (χ0v) is 24.1. The van der Waals surface area contributed by atoms with E-state index in [1.807, 2.05) is 20.8 Å². The van der Waals surface area contributed by atoms with E-state index in [0.717, 1.165) is 51.4 Å². The van der Waals surface area contributed by atoms with Crippen LogP contribution in [0.1, 0.15) is 127 Å². The van der Waals surface area contributed by atoms with Gasteiger partial charge in [0.2, 0.25) is 0 Å². The summed E-state index contributed by atoms with van der Waals surface area (Å²) in [6.07, 6.45) is 22.2. The number of unbranched alkanes of at least 4 members (excludes halogenated alkanes) is 1. The number of rotatable bonds is 18. The molecule has 2 nitrogen and oxygen atoms in total. The third kappa shape index (κ3) is 18.0. The van der Waals surface area contributed by atoms with Gasteiger partial charge in [0.15, 0.2) is 0 Å². The van der Waals surface area contributed by atoms with E-state index in [1.54, 1.807) is 0 Å². The predicted molar refractivity (Wildman–Crippen MR) is 152 cm³/mol. The molecular weight excluding hydrogens is 416 g/mol. The fraction of sp³-hybridized carbons (Fsp3) is 0.688. The average Bonchev–Trinajstić information content (AvgIpc) is 2.74. The monoisotopic (exact) mass is 472 g/mol. The lowest BCUT2D eigenvalue weighted by Gasteiger charge is -2.30. The molecule has 0 saturated carbocycles. The SMILES string of the molecule is CCOC(C)(C)C(O)CC/C(C)=C/CC/C(C)=C/CC/C=C(\C)CC/C=C(\C)CCC=C(C)C. The minimum atomic E-state index is -0.470. The van der Waals surface area contributed by atoms with Gasteiger partial charge in [-0.05, 0) is 127 Å². The molecule has 1 atom stereocenters. The van der Waals surface area contributed by atoms with Crippen LogP contribution in [0.15, 0.2) is 58.2 Å². The van der Waals surface area contributed by atoms with E-state index in [0.29, 0.717) is 6.61 Å². The maximum absolute atomic E-state index is 10.4. The Morgan fingerprint density at radius 2 is 1.03 bits per heavy atom. The molecule has 1 N–H and O–H groups in total. The average molecular weight is 473 g/mol. The zero-order valence-electron chi connectivity index (χ0n) is 24.1. The maximum atomic E-state index is 10.4. The second-order valence-corrected chi connectivity index (χ2v) is 10.8. The zero-order chi connectivity index (χ0) is 26.0. The van der Waals surface area contributed by atoms with Crippen molar-refractivity contribution >= 4 is 0 Å². The summed E-state index contributed by atoms with van der Waals surface area (Å²) in [7, 11) is 0. The number of hydrogen-bond donors (Lipinski definition) is 1. The molecule has 0 saturated heterocycles. The second-order valence-electron chi connectivity index (χ2n) is 10.8. The third-order valence-electron chi connectivity index (χ3n) is 6.44. The fourth-order valence-corrected chi connectivity index (χ4v) is 3.93. The van der Waals surface area contributed by atoms with Gasteiger partial charge in [-0.1, -0.05) is 58.2 Å². The first-order chi connectivity index (χ1) is 16.0. The van der Waals surface area contributed by atoms with Crippen LogP contribution in [-0.2, 0) is 4.74 Å². The maximum Gasteiger partial charge on any atom is 0.0884 e. The number of aliphatic hydroxyl groups is 1. The molecule has 0 aromatic rings. The van der Waals surface area contributed by atoms with Crippen molar-refractivity contribution in [2.24, 2.45) is 0 Å². The smallest absolute Gasteiger partial charge is 0.0884 e. The Bertz CT molecular complexity index is 697. The lowest BCUT2D eigenvalue weighted by atomic mass is 9.95. The van der Waals surface area contributed by atoms with Crippen LogP contribution in [0.25, 0.3) is 0 Å². The summed E-state index contributed by atoms with van der Waals surface area (Å²) < 4.78 is 5.66. The molecule has 0 aromatic heterocycles. The van der Waals surface area contributed by atoms with Gasteiger partial charge in [-0.25, -0.2) is 0 Å². The van der Waals surface area contributed by atoms with E-state index in [1.165, 1.54) is 40.7 Å². The number of aliphatic hydroxyl groups excluding tert-OH is 1. The Hall–Kier alpha value is -1.38. The van der Waals surface area contributed by atoms with E-state index >= 15 is 0 Å². The highest BCUT2D eigenvalue weighted by Gasteiger charge is 2.27. The first-order valence-electron chi connectivity index (χ1n) is 13.6. The van der Waals surface area contributed by atoms with Crippen molar-refractivity contribution < 1.29 is 9.84 Å². The van der Waals surface area contributed by atoms with Crippen molar-refractivity contribution in [3.63, 3.8) is 0 Å². The van der Waals surface area contributed by atoms with Crippen LogP contribution in [0.2, 0.25) is 0 Å². The standard InChI is InChI=1S/C32H56O2/c1-10-34-32(8,9)31(33)25-24-30(7)23-15-21-28(5)18-12-11-17-27(4)20-14-22-29(6)19-13-16-26(2)3/h16-18,22-23,31,33H,10-15,19-21,24-25H2,1-9H3/b27-17+,28-18+,29-22+,30-23+. The molecule has 0 radical (unpaired) electrons. The van der Waals surface area contributed by atoms with Crippen LogP contribution in [0.4, 0.5) is 0 Å². The lowest BCUT2D eigenvalue weighted by molar-refractivity contribution is -0.0983. The first kappa shape index (κ1) is 32.6. The molecule has 34 heavy (non-hydrogen) atoms. The van der Waals surface area contributed by atoms with Gasteiger partial charge in [-0.15, -0.1) is 0 Å². The Morgan fingerprint density at radius 1 is 0.647 bits per heavy atom. The molecular formula is C32H56O2. The Labute approximate surface area is 213 Å². The Balaban J connectivity index is 4.17. The number of ether oxygens (including phenoxy) is 1. The molecule has 0 aliphatic heterocycles. The molecule has 0 aromatic carbocycles. The molecule has 2 heteroatoms. The summed E-state index contributed by atoms with van der Waals surface area (Å²) in [4.78, 5) is 0. The van der Waals surface area contributed by atoms with Crippen LogP contribution >= 0.6 is 0 Å². The highest BCUT2D eigenvalue weighted by molar-refractivity contribution is 5.07. The van der Waals surface area contributed by atoms with Crippen molar-refractivity contribution in [2.45, 2.75) is 138 Å². The van der Waals surface area contributed by atoms with Gasteiger partial charge in [-0.2, -0.15) is 0 Å². The van der Waals surface area contributed by atoms with Crippen LogP contribution in [-0.4, -0.2) is 23.4 Å². The summed E-state index contributed by atoms with van der Waals surface area (Å²) in [5.74, 6) is 0. The van der Waals surface area contributed by atoms with Gasteiger partial charge in [0.1, 0.15) is 0 Å². The quantitative estimate of drug-likeness (QED) is 0.159. The fourth-order valence-electron chi connectivity index (χ4n) is 3.93. The highest BCUT2D eigenvalue weighted by atomic mass is 16.5. The molecule has 196 valence electrons. The molecule has 0 rings (SSSR count). The normalized spacial score (nSPS) is 15.0. The molecule has 0 spiro atoms. The predicted octanol–water partition coefficient (Wildman–Crippen LogP) is 9.81. The van der Waals surface area contributed by atoms with Gasteiger partial charge in [-0.3, -0.25) is 0 Å². The van der Waals surface area contributed by atoms with Crippen LogP contribution in [0.3, 0.4) is 0 Å². The molecule has 0 aliphatic carbocycles. The van der Waals surface area contributed by atoms with E-state index in [2.05, 4.69) is 71.9 Å². The van der Waals surface area contributed by atoms with Gasteiger partial charge in [0.05, 0.1) is 11.7 Å². The largest absolute Gasteiger partial charge is 0.390 e. The Kier molecular flexibility index (Phi) is 18.1. The molecule has 0 bridgehead atoms. The van der Waals surface area contributed by atoms with Gasteiger partial charge >= 0.3 is 0 Å². The summed E-state index contributed by atoms with van der Waals surface area (Å²) in [6, 6.07) is 0. The minimum absolute atomic E-state index is 0.429. The van der Waals surface area contributed by atoms with Gasteiger partial charge in [0, 0.05) is 6.61 Å². The van der Waals surface area contributed by atoms with Gasteiger partial charge < -0.3 is 9.84 Å². The van der Waals surface area contributed by atoms with Crippen molar-refractivity contribution in [1.29, 1.82) is 0 Å². The summed E-state index contributed by atoms with van der Waals surface area (Å²) >= 11 is 0. The van der Waals surface area contributed by atoms with E-state index in [9.17, 15) is 5.11 Å². The molecule has 0 aliphatic rings. The van der Waals surface area contributed by atoms with E-state index in [4.69, 9.17) is 4.74 Å². The van der Waals surface area contributed by atoms with Crippen molar-refractivity contribution in [2.75, 3.05) is 6.61 Å². The Morgan fingerprint density at radius 3 is 1.44 bits per heavy atom. The lowest BCUT2D eigenvalue weighted by Crippen LogP contribution is -2.39. The summed E-state index contributed by atoms with van der Waals surface area (Å²) in [6.45, 7) is 19.8. The first-order valence-corrected chi connectivity index (χ1v) is 13.6. The summed E-state index contributed by atoms with van der Waals surface area (Å²) in [5.41, 5.74) is 6.80. The minimum Gasteiger partial charge on any atom is -0.390 e. The molecule has 0 heterocycles. The number of allylic oxidation sites excluding steroid dienone is 10. The van der Waals surface area contributed by atoms with Crippen molar-refractivity contribution in [1.82, 2.24) is 0 Å². The molecule has 1 unspecified atom stereocenters. The van der Waals surface area contributed by atoms with Crippen LogP contribution in [0.5, 0.6) is 0 Å². The highest BCUT2D eigenvalue weighted by Crippen LogP contribution is 2.21. The molecule has 0 amide bonds. The van der Waals surface area contributed by atoms with E-state index in [-0.39, 0.29) is 0 Å². The van der Waals surface area contributed by atoms with Crippen LogP contribution in [0, 0.1) is 0 Å². The van der Waals surface area contributed by atoms with Crippen molar-refractivity contribution in [3.8, 4) is 0 Å². The van der Waals surface area contributed by atoms with E-state index < -0.39 is 11.7 Å². The van der Waals surface area contributed by atoms with Crippen molar-refractivity contribution in [3.05, 3.63) is 58.2 Å². The van der Waals surface area contributed by atoms with Gasteiger partial charge in [0.25, 0.3) is 0 Å².